The number of amidine groups is 1. The van der Waals surface area contributed by atoms with E-state index < -0.39 is 5.41 Å². The lowest BCUT2D eigenvalue weighted by Crippen LogP contribution is -2.43. The van der Waals surface area contributed by atoms with Crippen molar-refractivity contribution in [1.29, 1.82) is 0 Å². The smallest absolute Gasteiger partial charge is 0.234 e. The maximum absolute atomic E-state index is 12.4. The molecular weight excluding hydrogens is 262 g/mol. The third kappa shape index (κ3) is 2.58. The van der Waals surface area contributed by atoms with Crippen molar-refractivity contribution < 1.29 is 10.0 Å². The summed E-state index contributed by atoms with van der Waals surface area (Å²) in [6, 6.07) is 3.95. The molecule has 104 valence electrons. The first-order valence-corrected chi connectivity index (χ1v) is 7.21. The summed E-state index contributed by atoms with van der Waals surface area (Å²) in [7, 11) is 0. The maximum atomic E-state index is 12.4. The number of carbonyl (C=O) groups is 1. The fraction of sp³-hybridized carbons (Fsp3) is 0.538. The number of oxime groups is 1. The highest BCUT2D eigenvalue weighted by Gasteiger charge is 2.54. The second kappa shape index (κ2) is 5.21. The predicted octanol–water partition coefficient (Wildman–Crippen LogP) is 2.09. The number of hydrogen-bond acceptors (Lipinski definition) is 4. The van der Waals surface area contributed by atoms with Gasteiger partial charge in [-0.05, 0) is 30.2 Å². The molecule has 1 heterocycles. The minimum Gasteiger partial charge on any atom is -0.409 e. The molecule has 1 aromatic heterocycles. The van der Waals surface area contributed by atoms with E-state index in [9.17, 15) is 4.79 Å². The van der Waals surface area contributed by atoms with E-state index in [1.165, 1.54) is 0 Å². The number of amides is 1. The lowest BCUT2D eigenvalue weighted by Gasteiger charge is -2.24. The molecule has 6 heteroatoms. The van der Waals surface area contributed by atoms with Gasteiger partial charge in [-0.3, -0.25) is 4.79 Å². The van der Waals surface area contributed by atoms with Crippen molar-refractivity contribution in [2.45, 2.75) is 32.7 Å². The minimum absolute atomic E-state index is 0.0127. The molecule has 1 aliphatic carbocycles. The number of nitrogens with one attached hydrogen (secondary N) is 1. The van der Waals surface area contributed by atoms with E-state index in [0.717, 1.165) is 4.88 Å². The van der Waals surface area contributed by atoms with E-state index in [1.54, 1.807) is 11.3 Å². The van der Waals surface area contributed by atoms with Gasteiger partial charge in [0, 0.05) is 4.88 Å². The molecule has 5 nitrogen and oxygen atoms in total. The Bertz CT molecular complexity index is 478. The zero-order valence-corrected chi connectivity index (χ0v) is 11.9. The summed E-state index contributed by atoms with van der Waals surface area (Å²) in [5, 5.41) is 16.8. The van der Waals surface area contributed by atoms with Crippen molar-refractivity contribution in [3.63, 3.8) is 0 Å². The zero-order valence-electron chi connectivity index (χ0n) is 11.1. The van der Waals surface area contributed by atoms with Gasteiger partial charge in [-0.2, -0.15) is 0 Å². The second-order valence-electron chi connectivity index (χ2n) is 5.28. The van der Waals surface area contributed by atoms with Crippen molar-refractivity contribution >= 4 is 23.1 Å². The van der Waals surface area contributed by atoms with Gasteiger partial charge >= 0.3 is 0 Å². The molecule has 1 saturated carbocycles. The third-order valence-electron chi connectivity index (χ3n) is 3.59. The van der Waals surface area contributed by atoms with Gasteiger partial charge in [0.25, 0.3) is 0 Å². The molecule has 0 aliphatic heterocycles. The second-order valence-corrected chi connectivity index (χ2v) is 6.26. The van der Waals surface area contributed by atoms with Crippen LogP contribution in [0, 0.1) is 11.3 Å². The zero-order chi connectivity index (χ0) is 14.0. The quantitative estimate of drug-likeness (QED) is 0.334. The van der Waals surface area contributed by atoms with Gasteiger partial charge in [0.1, 0.15) is 5.41 Å². The summed E-state index contributed by atoms with van der Waals surface area (Å²) < 4.78 is 0. The van der Waals surface area contributed by atoms with Crippen molar-refractivity contribution in [2.75, 3.05) is 0 Å². The van der Waals surface area contributed by atoms with Crippen LogP contribution in [0.4, 0.5) is 0 Å². The maximum Gasteiger partial charge on any atom is 0.234 e. The molecule has 0 bridgehead atoms. The number of nitrogens with zero attached hydrogens (tertiary/aromatic N) is 1. The summed E-state index contributed by atoms with van der Waals surface area (Å²) in [5.41, 5.74) is 4.83. The van der Waals surface area contributed by atoms with Crippen molar-refractivity contribution in [1.82, 2.24) is 5.32 Å². The molecule has 19 heavy (non-hydrogen) atoms. The van der Waals surface area contributed by atoms with Crippen molar-refractivity contribution in [2.24, 2.45) is 22.2 Å². The highest BCUT2D eigenvalue weighted by atomic mass is 32.1. The average molecular weight is 281 g/mol. The Labute approximate surface area is 116 Å². The van der Waals surface area contributed by atoms with Crippen LogP contribution in [0.15, 0.2) is 22.7 Å². The summed E-state index contributed by atoms with van der Waals surface area (Å²) in [4.78, 5) is 13.5. The third-order valence-corrected chi connectivity index (χ3v) is 4.54. The van der Waals surface area contributed by atoms with Gasteiger partial charge in [-0.1, -0.05) is 25.1 Å². The molecule has 0 saturated heterocycles. The van der Waals surface area contributed by atoms with Gasteiger partial charge in [-0.25, -0.2) is 0 Å². The first-order valence-electron chi connectivity index (χ1n) is 6.33. The van der Waals surface area contributed by atoms with E-state index in [2.05, 4.69) is 24.3 Å². The lowest BCUT2D eigenvalue weighted by atomic mass is 9.99. The van der Waals surface area contributed by atoms with Gasteiger partial charge in [0.15, 0.2) is 5.84 Å². The van der Waals surface area contributed by atoms with Crippen LogP contribution in [0.2, 0.25) is 0 Å². The Kier molecular flexibility index (Phi) is 3.80. The summed E-state index contributed by atoms with van der Waals surface area (Å²) in [5.74, 6) is 0.152. The lowest BCUT2D eigenvalue weighted by molar-refractivity contribution is -0.125. The standard InChI is InChI=1S/C13H19N3O2S/c1-8(2)10(9-4-3-7-19-9)15-12(17)13(5-6-13)11(14)16-18/h3-4,7-8,10,18H,5-6H2,1-2H3,(H2,14,16)(H,15,17). The van der Waals surface area contributed by atoms with E-state index >= 15 is 0 Å². The van der Waals surface area contributed by atoms with Crippen molar-refractivity contribution in [3.8, 4) is 0 Å². The fourth-order valence-corrected chi connectivity index (χ4v) is 3.08. The van der Waals surface area contributed by atoms with Crippen LogP contribution in [-0.2, 0) is 4.79 Å². The topological polar surface area (TPSA) is 87.7 Å². The predicted molar refractivity (Wildman–Crippen MR) is 75.1 cm³/mol. The molecular formula is C13H19N3O2S. The first-order chi connectivity index (χ1) is 9.01. The highest BCUT2D eigenvalue weighted by molar-refractivity contribution is 7.10. The molecule has 0 spiro atoms. The fourth-order valence-electron chi connectivity index (χ4n) is 2.13. The molecule has 4 N–H and O–H groups in total. The Morgan fingerprint density at radius 1 is 1.58 bits per heavy atom. The molecule has 0 radical (unpaired) electrons. The number of carbonyl (C=O) groups excluding carboxylic acids is 1. The number of hydrogen-bond donors (Lipinski definition) is 3. The highest BCUT2D eigenvalue weighted by Crippen LogP contribution is 2.46. The number of nitrogens with two attached hydrogens (primary N) is 1. The minimum atomic E-state index is -0.793. The molecule has 1 amide bonds. The van der Waals surface area contributed by atoms with Crippen LogP contribution in [0.25, 0.3) is 0 Å². The summed E-state index contributed by atoms with van der Waals surface area (Å²) in [6.07, 6.45) is 1.29. The van der Waals surface area contributed by atoms with Crippen LogP contribution in [0.3, 0.4) is 0 Å². The first kappa shape index (κ1) is 13.9. The Hall–Kier alpha value is -1.56. The van der Waals surface area contributed by atoms with Gasteiger partial charge in [0.05, 0.1) is 6.04 Å². The Morgan fingerprint density at radius 2 is 2.26 bits per heavy atom. The van der Waals surface area contributed by atoms with Crippen LogP contribution in [-0.4, -0.2) is 17.0 Å². The van der Waals surface area contributed by atoms with Gasteiger partial charge in [0.2, 0.25) is 5.91 Å². The van der Waals surface area contributed by atoms with Crippen molar-refractivity contribution in [3.05, 3.63) is 22.4 Å². The molecule has 1 unspecified atom stereocenters. The normalized spacial score (nSPS) is 19.2. The number of rotatable bonds is 5. The molecule has 1 aliphatic rings. The van der Waals surface area contributed by atoms with Crippen LogP contribution < -0.4 is 11.1 Å². The van der Waals surface area contributed by atoms with Gasteiger partial charge < -0.3 is 16.3 Å². The van der Waals surface area contributed by atoms with Crippen LogP contribution >= 0.6 is 11.3 Å². The Balaban J connectivity index is 2.13. The molecule has 1 aromatic rings. The molecule has 1 atom stereocenters. The molecule has 0 aromatic carbocycles. The molecule has 1 fully saturated rings. The van der Waals surface area contributed by atoms with Crippen LogP contribution in [0.5, 0.6) is 0 Å². The Morgan fingerprint density at radius 3 is 2.68 bits per heavy atom. The summed E-state index contributed by atoms with van der Waals surface area (Å²) in [6.45, 7) is 4.13. The SMILES string of the molecule is CC(C)C(NC(=O)C1(/C(N)=N/O)CC1)c1cccs1. The average Bonchev–Trinajstić information content (AvgIpc) is 3.03. The molecule has 2 rings (SSSR count). The van der Waals surface area contributed by atoms with E-state index in [1.807, 2.05) is 17.5 Å². The van der Waals surface area contributed by atoms with E-state index in [0.29, 0.717) is 12.8 Å². The summed E-state index contributed by atoms with van der Waals surface area (Å²) >= 11 is 1.62. The van der Waals surface area contributed by atoms with Gasteiger partial charge in [-0.15, -0.1) is 11.3 Å². The monoisotopic (exact) mass is 281 g/mol. The van der Waals surface area contributed by atoms with E-state index in [4.69, 9.17) is 10.9 Å². The number of thiophene rings is 1. The van der Waals surface area contributed by atoms with Crippen LogP contribution in [0.1, 0.15) is 37.6 Å². The largest absolute Gasteiger partial charge is 0.409 e. The van der Waals surface area contributed by atoms with E-state index in [-0.39, 0.29) is 23.7 Å².